The van der Waals surface area contributed by atoms with E-state index in [2.05, 4.69) is 194 Å². The molecule has 0 aliphatic heterocycles. The second-order valence-electron chi connectivity index (χ2n) is 13.9. The summed E-state index contributed by atoms with van der Waals surface area (Å²) in [4.78, 5) is 0. The second kappa shape index (κ2) is 10.7. The Balaban J connectivity index is 1.24. The van der Waals surface area contributed by atoms with Gasteiger partial charge in [0, 0.05) is 0 Å². The first-order chi connectivity index (χ1) is 25.3. The van der Waals surface area contributed by atoms with E-state index in [0.717, 1.165) is 0 Å². The minimum absolute atomic E-state index is 0.431. The second-order valence-corrected chi connectivity index (χ2v) is 13.9. The summed E-state index contributed by atoms with van der Waals surface area (Å²) in [7, 11) is 0. The van der Waals surface area contributed by atoms with Crippen LogP contribution in [0.5, 0.6) is 0 Å². The molecule has 0 amide bonds. The molecule has 0 radical (unpaired) electrons. The molecule has 0 saturated heterocycles. The topological polar surface area (TPSA) is 0 Å². The molecule has 236 valence electrons. The van der Waals surface area contributed by atoms with Crippen LogP contribution in [0.4, 0.5) is 0 Å². The minimum atomic E-state index is -0.431. The van der Waals surface area contributed by atoms with Crippen molar-refractivity contribution < 1.29 is 0 Å². The Kier molecular flexibility index (Phi) is 5.97. The largest absolute Gasteiger partial charge is 0.0713 e. The summed E-state index contributed by atoms with van der Waals surface area (Å²) in [6.07, 6.45) is 0. The van der Waals surface area contributed by atoms with Gasteiger partial charge in [-0.3, -0.25) is 0 Å². The van der Waals surface area contributed by atoms with Crippen LogP contribution in [-0.4, -0.2) is 0 Å². The number of benzene rings is 10. The molecule has 0 atom stereocenters. The van der Waals surface area contributed by atoms with Gasteiger partial charge >= 0.3 is 0 Å². The Morgan fingerprint density at radius 3 is 1.25 bits per heavy atom. The van der Waals surface area contributed by atoms with Crippen molar-refractivity contribution in [1.82, 2.24) is 0 Å². The van der Waals surface area contributed by atoms with E-state index in [1.165, 1.54) is 98.4 Å². The molecule has 51 heavy (non-hydrogen) atoms. The first-order valence-corrected chi connectivity index (χ1v) is 17.9. The van der Waals surface area contributed by atoms with Gasteiger partial charge in [0.1, 0.15) is 0 Å². The molecule has 0 unspecified atom stereocenters. The lowest BCUT2D eigenvalue weighted by molar-refractivity contribution is 0.769. The van der Waals surface area contributed by atoms with Crippen LogP contribution in [0.1, 0.15) is 22.3 Å². The van der Waals surface area contributed by atoms with E-state index in [1.807, 2.05) is 0 Å². The molecular formula is C51H32. The third kappa shape index (κ3) is 3.85. The van der Waals surface area contributed by atoms with Gasteiger partial charge in [-0.2, -0.15) is 0 Å². The minimum Gasteiger partial charge on any atom is -0.0622 e. The third-order valence-electron chi connectivity index (χ3n) is 11.5. The van der Waals surface area contributed by atoms with Gasteiger partial charge in [0.05, 0.1) is 5.41 Å². The maximum Gasteiger partial charge on any atom is 0.0713 e. The molecule has 0 N–H and O–H groups in total. The van der Waals surface area contributed by atoms with Crippen LogP contribution in [0.2, 0.25) is 0 Å². The van der Waals surface area contributed by atoms with Crippen molar-refractivity contribution in [2.45, 2.75) is 5.41 Å². The van der Waals surface area contributed by atoms with Crippen molar-refractivity contribution in [3.05, 3.63) is 216 Å². The van der Waals surface area contributed by atoms with Gasteiger partial charge in [0.15, 0.2) is 0 Å². The fraction of sp³-hybridized carbons (Fsp3) is 0.0196. The first-order valence-electron chi connectivity index (χ1n) is 17.9. The van der Waals surface area contributed by atoms with E-state index in [1.54, 1.807) is 0 Å². The van der Waals surface area contributed by atoms with Crippen LogP contribution >= 0.6 is 0 Å². The van der Waals surface area contributed by atoms with Crippen LogP contribution < -0.4 is 0 Å². The normalized spacial score (nSPS) is 13.3. The highest BCUT2D eigenvalue weighted by atomic mass is 14.5. The summed E-state index contributed by atoms with van der Waals surface area (Å²) in [5, 5.41) is 13.1. The molecule has 0 aromatic heterocycles. The number of fused-ring (bicyclic) bond motifs is 14. The Morgan fingerprint density at radius 2 is 0.667 bits per heavy atom. The molecule has 0 saturated carbocycles. The Hall–Kier alpha value is -6.50. The van der Waals surface area contributed by atoms with Crippen LogP contribution in [0.25, 0.3) is 76.1 Å². The van der Waals surface area contributed by atoms with Crippen LogP contribution in [0.3, 0.4) is 0 Å². The zero-order valence-corrected chi connectivity index (χ0v) is 28.0. The molecule has 11 rings (SSSR count). The standard InChI is InChI=1S/C51H32/c1-3-15-35(16-4-1)51(36-17-5-2-6-18-36)47-26-14-13-22-41(47)42-30-28-34(32-48(42)51)33-27-29-40-39-21-9-11-24-44(39)49-43-23-10-7-19-37(43)38-20-8-12-25-45(38)50(49)46(40)31-33/h1-32H. The number of rotatable bonds is 3. The molecule has 10 aromatic carbocycles. The monoisotopic (exact) mass is 644 g/mol. The van der Waals surface area contributed by atoms with Crippen molar-refractivity contribution in [1.29, 1.82) is 0 Å². The smallest absolute Gasteiger partial charge is 0.0622 e. The van der Waals surface area contributed by atoms with Crippen molar-refractivity contribution >= 4 is 53.9 Å². The molecule has 0 fully saturated rings. The van der Waals surface area contributed by atoms with Gasteiger partial charge in [-0.25, -0.2) is 0 Å². The zero-order valence-electron chi connectivity index (χ0n) is 28.0. The SMILES string of the molecule is c1ccc(C2(c3ccccc3)c3ccccc3-c3ccc(-c4ccc5c6ccccc6c6c7ccccc7c7ccccc7c6c5c4)cc32)cc1. The average molecular weight is 645 g/mol. The van der Waals surface area contributed by atoms with E-state index in [0.29, 0.717) is 0 Å². The van der Waals surface area contributed by atoms with E-state index >= 15 is 0 Å². The summed E-state index contributed by atoms with van der Waals surface area (Å²) < 4.78 is 0. The Morgan fingerprint density at radius 1 is 0.255 bits per heavy atom. The van der Waals surface area contributed by atoms with Gasteiger partial charge < -0.3 is 0 Å². The van der Waals surface area contributed by atoms with Crippen LogP contribution in [-0.2, 0) is 5.41 Å². The summed E-state index contributed by atoms with van der Waals surface area (Å²) in [5.74, 6) is 0. The predicted molar refractivity (Wildman–Crippen MR) is 217 cm³/mol. The maximum absolute atomic E-state index is 2.48. The maximum atomic E-state index is 2.48. The lowest BCUT2D eigenvalue weighted by Crippen LogP contribution is -2.28. The fourth-order valence-corrected chi connectivity index (χ4v) is 9.43. The number of hydrogen-bond acceptors (Lipinski definition) is 0. The molecular weight excluding hydrogens is 613 g/mol. The summed E-state index contributed by atoms with van der Waals surface area (Å²) >= 11 is 0. The molecule has 1 aliphatic carbocycles. The van der Waals surface area contributed by atoms with Crippen molar-refractivity contribution in [3.63, 3.8) is 0 Å². The molecule has 0 spiro atoms. The van der Waals surface area contributed by atoms with Crippen molar-refractivity contribution in [2.24, 2.45) is 0 Å². The summed E-state index contributed by atoms with van der Waals surface area (Å²) in [6, 6.07) is 72.3. The van der Waals surface area contributed by atoms with E-state index in [4.69, 9.17) is 0 Å². The fourth-order valence-electron chi connectivity index (χ4n) is 9.43. The lowest BCUT2D eigenvalue weighted by atomic mass is 9.67. The van der Waals surface area contributed by atoms with Gasteiger partial charge in [-0.1, -0.05) is 182 Å². The van der Waals surface area contributed by atoms with Crippen LogP contribution in [0.15, 0.2) is 194 Å². The van der Waals surface area contributed by atoms with E-state index in [-0.39, 0.29) is 0 Å². The molecule has 0 nitrogen and oxygen atoms in total. The highest BCUT2D eigenvalue weighted by Gasteiger charge is 2.46. The Labute approximate surface area is 296 Å². The van der Waals surface area contributed by atoms with E-state index in [9.17, 15) is 0 Å². The Bertz CT molecular complexity index is 2950. The molecule has 0 heteroatoms. The number of hydrogen-bond donors (Lipinski definition) is 0. The van der Waals surface area contributed by atoms with Gasteiger partial charge in [-0.15, -0.1) is 0 Å². The predicted octanol–water partition coefficient (Wildman–Crippen LogP) is 13.5. The zero-order chi connectivity index (χ0) is 33.5. The molecule has 0 heterocycles. The molecule has 10 aromatic rings. The highest BCUT2D eigenvalue weighted by Crippen LogP contribution is 2.57. The van der Waals surface area contributed by atoms with E-state index < -0.39 is 5.41 Å². The highest BCUT2D eigenvalue weighted by molar-refractivity contribution is 6.39. The van der Waals surface area contributed by atoms with Gasteiger partial charge in [-0.05, 0) is 111 Å². The third-order valence-corrected chi connectivity index (χ3v) is 11.5. The quantitative estimate of drug-likeness (QED) is 0.168. The van der Waals surface area contributed by atoms with Crippen LogP contribution in [0, 0.1) is 0 Å². The average Bonchev–Trinajstić information content (AvgIpc) is 3.51. The van der Waals surface area contributed by atoms with Crippen molar-refractivity contribution in [3.8, 4) is 22.3 Å². The lowest BCUT2D eigenvalue weighted by Gasteiger charge is -2.34. The molecule has 1 aliphatic rings. The molecule has 0 bridgehead atoms. The van der Waals surface area contributed by atoms with Gasteiger partial charge in [0.25, 0.3) is 0 Å². The summed E-state index contributed by atoms with van der Waals surface area (Å²) in [5.41, 5.74) is 9.87. The van der Waals surface area contributed by atoms with Gasteiger partial charge in [0.2, 0.25) is 0 Å². The summed E-state index contributed by atoms with van der Waals surface area (Å²) in [6.45, 7) is 0. The first kappa shape index (κ1) is 28.3. The van der Waals surface area contributed by atoms with Crippen molar-refractivity contribution in [2.75, 3.05) is 0 Å².